The summed E-state index contributed by atoms with van der Waals surface area (Å²) < 4.78 is 20.1. The topological polar surface area (TPSA) is 53.9 Å². The molecule has 0 atom stereocenters. The van der Waals surface area contributed by atoms with Crippen molar-refractivity contribution in [2.75, 3.05) is 18.4 Å². The van der Waals surface area contributed by atoms with Crippen molar-refractivity contribution in [3.05, 3.63) is 83.7 Å². The first-order chi connectivity index (χ1) is 14.6. The number of carbonyl (C=O) groups excluding carboxylic acids is 1. The van der Waals surface area contributed by atoms with Crippen LogP contribution in [0.15, 0.2) is 71.7 Å². The molecule has 0 saturated carbocycles. The van der Waals surface area contributed by atoms with Crippen LogP contribution in [0.25, 0.3) is 0 Å². The molecule has 0 unspecified atom stereocenters. The highest BCUT2D eigenvalue weighted by Gasteiger charge is 2.22. The predicted molar refractivity (Wildman–Crippen MR) is 116 cm³/mol. The number of halogens is 1. The lowest BCUT2D eigenvalue weighted by Crippen LogP contribution is -2.31. The van der Waals surface area contributed by atoms with Gasteiger partial charge in [-0.1, -0.05) is 24.3 Å². The molecule has 1 amide bonds. The number of carbonyl (C=O) groups is 1. The fourth-order valence-corrected chi connectivity index (χ4v) is 3.41. The van der Waals surface area contributed by atoms with Gasteiger partial charge in [0.2, 0.25) is 0 Å². The summed E-state index contributed by atoms with van der Waals surface area (Å²) in [5, 5.41) is 2.78. The molecule has 0 bridgehead atoms. The third-order valence-corrected chi connectivity index (χ3v) is 4.97. The van der Waals surface area contributed by atoms with Gasteiger partial charge < -0.3 is 15.0 Å². The number of amides is 1. The number of anilines is 1. The Hall–Kier alpha value is -3.67. The van der Waals surface area contributed by atoms with E-state index in [9.17, 15) is 9.18 Å². The number of rotatable bonds is 4. The van der Waals surface area contributed by atoms with Gasteiger partial charge in [-0.3, -0.25) is 4.79 Å². The summed E-state index contributed by atoms with van der Waals surface area (Å²) in [6.07, 6.45) is 0. The van der Waals surface area contributed by atoms with E-state index in [1.165, 1.54) is 12.1 Å². The molecule has 1 aliphatic heterocycles. The number of para-hydroxylation sites is 2. The molecule has 30 heavy (non-hydrogen) atoms. The number of aliphatic imine (C=N–C) groups is 1. The number of ether oxygens (including phenoxy) is 1. The number of nitrogens with zero attached hydrogens (tertiary/aromatic N) is 2. The molecule has 4 rings (SSSR count). The van der Waals surface area contributed by atoms with E-state index in [1.54, 1.807) is 24.3 Å². The van der Waals surface area contributed by atoms with E-state index >= 15 is 0 Å². The summed E-state index contributed by atoms with van der Waals surface area (Å²) in [4.78, 5) is 19.5. The van der Waals surface area contributed by atoms with Crippen LogP contribution in [0.5, 0.6) is 11.5 Å². The third kappa shape index (κ3) is 3.76. The van der Waals surface area contributed by atoms with Crippen LogP contribution in [0.1, 0.15) is 29.8 Å². The van der Waals surface area contributed by atoms with Crippen molar-refractivity contribution in [3.8, 4) is 11.5 Å². The molecule has 0 saturated heterocycles. The van der Waals surface area contributed by atoms with E-state index in [2.05, 4.69) is 24.1 Å². The fraction of sp³-hybridized carbons (Fsp3) is 0.167. The van der Waals surface area contributed by atoms with Gasteiger partial charge in [0.1, 0.15) is 23.1 Å². The zero-order valence-electron chi connectivity index (χ0n) is 16.9. The number of fused-ring (bicyclic) bond motifs is 2. The maximum absolute atomic E-state index is 14.0. The van der Waals surface area contributed by atoms with Gasteiger partial charge in [0.05, 0.1) is 11.1 Å². The summed E-state index contributed by atoms with van der Waals surface area (Å²) in [5.41, 5.74) is 2.04. The second-order valence-corrected chi connectivity index (χ2v) is 6.82. The van der Waals surface area contributed by atoms with Crippen molar-refractivity contribution >= 4 is 23.1 Å². The van der Waals surface area contributed by atoms with Crippen molar-refractivity contribution < 1.29 is 13.9 Å². The van der Waals surface area contributed by atoms with Gasteiger partial charge in [-0.15, -0.1) is 0 Å². The molecular weight excluding hydrogens is 381 g/mol. The molecule has 1 heterocycles. The Morgan fingerprint density at radius 3 is 2.50 bits per heavy atom. The lowest BCUT2D eigenvalue weighted by Gasteiger charge is -2.23. The molecule has 1 aliphatic rings. The Morgan fingerprint density at radius 1 is 1.00 bits per heavy atom. The van der Waals surface area contributed by atoms with Crippen LogP contribution in [0.2, 0.25) is 0 Å². The average molecular weight is 403 g/mol. The zero-order valence-corrected chi connectivity index (χ0v) is 16.9. The largest absolute Gasteiger partial charge is 0.454 e. The number of benzene rings is 3. The van der Waals surface area contributed by atoms with E-state index in [4.69, 9.17) is 9.73 Å². The molecule has 152 valence electrons. The molecule has 0 fully saturated rings. The average Bonchev–Trinajstić information content (AvgIpc) is 2.92. The normalized spacial score (nSPS) is 12.0. The Bertz CT molecular complexity index is 1120. The van der Waals surface area contributed by atoms with E-state index in [0.717, 1.165) is 30.2 Å². The van der Waals surface area contributed by atoms with E-state index in [1.807, 2.05) is 30.3 Å². The van der Waals surface area contributed by atoms with Gasteiger partial charge in [-0.05, 0) is 56.3 Å². The van der Waals surface area contributed by atoms with Crippen molar-refractivity contribution in [2.45, 2.75) is 13.8 Å². The van der Waals surface area contributed by atoms with Crippen LogP contribution >= 0.6 is 0 Å². The maximum Gasteiger partial charge on any atom is 0.258 e. The van der Waals surface area contributed by atoms with Crippen molar-refractivity contribution in [1.29, 1.82) is 0 Å². The Morgan fingerprint density at radius 2 is 1.73 bits per heavy atom. The lowest BCUT2D eigenvalue weighted by atomic mass is 10.1. The van der Waals surface area contributed by atoms with Gasteiger partial charge in [0.15, 0.2) is 5.75 Å². The molecule has 0 radical (unpaired) electrons. The van der Waals surface area contributed by atoms with Crippen LogP contribution in [-0.2, 0) is 0 Å². The van der Waals surface area contributed by atoms with Gasteiger partial charge in [-0.25, -0.2) is 9.38 Å². The first-order valence-electron chi connectivity index (χ1n) is 9.91. The van der Waals surface area contributed by atoms with Gasteiger partial charge in [-0.2, -0.15) is 0 Å². The molecular formula is C24H22FN3O2. The lowest BCUT2D eigenvalue weighted by molar-refractivity contribution is 0.102. The van der Waals surface area contributed by atoms with Gasteiger partial charge >= 0.3 is 0 Å². The molecule has 3 aromatic carbocycles. The summed E-state index contributed by atoms with van der Waals surface area (Å²) in [6.45, 7) is 5.66. The first-order valence-corrected chi connectivity index (χ1v) is 9.91. The highest BCUT2D eigenvalue weighted by Crippen LogP contribution is 2.38. The van der Waals surface area contributed by atoms with Gasteiger partial charge in [0, 0.05) is 18.8 Å². The quantitative estimate of drug-likeness (QED) is 0.617. The zero-order chi connectivity index (χ0) is 21.1. The Kier molecular flexibility index (Phi) is 5.48. The van der Waals surface area contributed by atoms with E-state index in [0.29, 0.717) is 17.2 Å². The first kappa shape index (κ1) is 19.6. The monoisotopic (exact) mass is 403 g/mol. The van der Waals surface area contributed by atoms with Crippen molar-refractivity contribution in [2.24, 2.45) is 4.99 Å². The van der Waals surface area contributed by atoms with Crippen LogP contribution < -0.4 is 10.1 Å². The molecule has 0 aromatic heterocycles. The molecule has 3 aromatic rings. The summed E-state index contributed by atoms with van der Waals surface area (Å²) >= 11 is 0. The fourth-order valence-electron chi connectivity index (χ4n) is 3.41. The van der Waals surface area contributed by atoms with E-state index < -0.39 is 11.7 Å². The number of hydrogen-bond acceptors (Lipinski definition) is 4. The highest BCUT2D eigenvalue weighted by molar-refractivity contribution is 6.07. The SMILES string of the molecule is CCN(CC)C1=Nc2ccccc2Oc2ccc(NC(=O)c3ccccc3F)cc21. The Labute approximate surface area is 174 Å². The summed E-state index contributed by atoms with van der Waals surface area (Å²) in [5.74, 6) is 1.02. The third-order valence-electron chi connectivity index (χ3n) is 4.97. The maximum atomic E-state index is 14.0. The minimum atomic E-state index is -0.561. The van der Waals surface area contributed by atoms with Crippen LogP contribution in [0.4, 0.5) is 15.8 Å². The molecule has 5 nitrogen and oxygen atoms in total. The minimum Gasteiger partial charge on any atom is -0.454 e. The highest BCUT2D eigenvalue weighted by atomic mass is 19.1. The predicted octanol–water partition coefficient (Wildman–Crippen LogP) is 5.60. The Balaban J connectivity index is 1.75. The molecule has 6 heteroatoms. The second kappa shape index (κ2) is 8.37. The summed E-state index contributed by atoms with van der Waals surface area (Å²) in [6, 6.07) is 18.9. The molecule has 1 N–H and O–H groups in total. The minimum absolute atomic E-state index is 0.00580. The second-order valence-electron chi connectivity index (χ2n) is 6.82. The van der Waals surface area contributed by atoms with Gasteiger partial charge in [0.25, 0.3) is 5.91 Å². The van der Waals surface area contributed by atoms with Crippen LogP contribution in [-0.4, -0.2) is 29.7 Å². The molecule has 0 spiro atoms. The standard InChI is InChI=1S/C24H22FN3O2/c1-3-28(4-2)23-18-15-16(26-24(29)17-9-5-6-10-19(17)25)13-14-21(18)30-22-12-8-7-11-20(22)27-23/h5-15H,3-4H2,1-2H3,(H,26,29). The smallest absolute Gasteiger partial charge is 0.258 e. The number of nitrogens with one attached hydrogen (secondary N) is 1. The van der Waals surface area contributed by atoms with E-state index in [-0.39, 0.29) is 5.56 Å². The van der Waals surface area contributed by atoms with Crippen molar-refractivity contribution in [3.63, 3.8) is 0 Å². The van der Waals surface area contributed by atoms with Crippen molar-refractivity contribution in [1.82, 2.24) is 4.90 Å². The summed E-state index contributed by atoms with van der Waals surface area (Å²) in [7, 11) is 0. The van der Waals surface area contributed by atoms with Crippen LogP contribution in [0.3, 0.4) is 0 Å². The number of amidine groups is 1. The molecule has 0 aliphatic carbocycles. The number of hydrogen-bond donors (Lipinski definition) is 1. The van der Waals surface area contributed by atoms with Crippen LogP contribution in [0, 0.1) is 5.82 Å².